The molecule has 0 radical (unpaired) electrons. The number of rotatable bonds is 2. The van der Waals surface area contributed by atoms with E-state index < -0.39 is 35.2 Å². The summed E-state index contributed by atoms with van der Waals surface area (Å²) in [6.07, 6.45) is -9.38. The third-order valence-corrected chi connectivity index (χ3v) is 5.90. The molecule has 3 aliphatic rings. The molecule has 0 unspecified atom stereocenters. The summed E-state index contributed by atoms with van der Waals surface area (Å²) in [7, 11) is 1.90. The van der Waals surface area contributed by atoms with Crippen molar-refractivity contribution in [2.45, 2.75) is 30.5 Å². The van der Waals surface area contributed by atoms with Crippen molar-refractivity contribution in [2.24, 2.45) is 10.3 Å². The Kier molecular flexibility index (Phi) is 5.22. The van der Waals surface area contributed by atoms with Gasteiger partial charge in [-0.1, -0.05) is 5.22 Å². The summed E-state index contributed by atoms with van der Waals surface area (Å²) in [4.78, 5) is 4.06. The third-order valence-electron chi connectivity index (χ3n) is 5.90. The van der Waals surface area contributed by atoms with Gasteiger partial charge in [0.25, 0.3) is 0 Å². The van der Waals surface area contributed by atoms with Crippen molar-refractivity contribution in [1.82, 2.24) is 9.80 Å². The van der Waals surface area contributed by atoms with Gasteiger partial charge < -0.3 is 9.64 Å². The molecule has 166 valence electrons. The number of likely N-dealkylation sites (tertiary alicyclic amines) is 1. The van der Waals surface area contributed by atoms with Crippen LogP contribution in [0, 0.1) is 0 Å². The monoisotopic (exact) mass is 437 g/mol. The van der Waals surface area contributed by atoms with E-state index in [4.69, 9.17) is 4.74 Å². The number of anilines is 1. The topological polar surface area (TPSA) is 43.7 Å². The Morgan fingerprint density at radius 2 is 1.57 bits per heavy atom. The zero-order valence-electron chi connectivity index (χ0n) is 16.2. The van der Waals surface area contributed by atoms with Crippen molar-refractivity contribution in [3.63, 3.8) is 0 Å². The number of benzene rings is 1. The second-order valence-corrected chi connectivity index (χ2v) is 7.79. The number of nitrogens with zero attached hydrogens (tertiary/aromatic N) is 5. The maximum absolute atomic E-state index is 13.4. The predicted molar refractivity (Wildman–Crippen MR) is 94.8 cm³/mol. The van der Waals surface area contributed by atoms with Crippen molar-refractivity contribution >= 4 is 5.69 Å². The fourth-order valence-electron chi connectivity index (χ4n) is 4.41. The molecule has 0 N–H and O–H groups in total. The van der Waals surface area contributed by atoms with Crippen molar-refractivity contribution < 1.29 is 31.1 Å². The molecule has 0 bridgehead atoms. The normalized spacial score (nSPS) is 28.8. The first-order chi connectivity index (χ1) is 14.0. The quantitative estimate of drug-likeness (QED) is 0.663. The molecule has 0 spiro atoms. The van der Waals surface area contributed by atoms with Crippen LogP contribution >= 0.6 is 0 Å². The van der Waals surface area contributed by atoms with Crippen LogP contribution in [-0.4, -0.2) is 67.9 Å². The van der Waals surface area contributed by atoms with Crippen LogP contribution in [-0.2, 0) is 17.1 Å². The molecule has 1 aromatic rings. The lowest BCUT2D eigenvalue weighted by Crippen LogP contribution is -2.69. The highest BCUT2D eigenvalue weighted by Crippen LogP contribution is 2.45. The van der Waals surface area contributed by atoms with Gasteiger partial charge in [0.05, 0.1) is 30.0 Å². The minimum Gasteiger partial charge on any atom is -0.379 e. The van der Waals surface area contributed by atoms with Crippen LogP contribution in [0.4, 0.5) is 32.0 Å². The first kappa shape index (κ1) is 21.3. The van der Waals surface area contributed by atoms with E-state index in [9.17, 15) is 26.3 Å². The van der Waals surface area contributed by atoms with Crippen molar-refractivity contribution in [1.29, 1.82) is 0 Å². The maximum atomic E-state index is 13.4. The minimum atomic E-state index is -4.93. The Hall–Kier alpha value is -1.92. The molecule has 12 heteroatoms. The van der Waals surface area contributed by atoms with Crippen molar-refractivity contribution in [3.05, 3.63) is 29.3 Å². The van der Waals surface area contributed by atoms with Crippen LogP contribution in [0.1, 0.15) is 17.5 Å². The summed E-state index contributed by atoms with van der Waals surface area (Å²) in [6, 6.07) is 1.16. The molecule has 0 aliphatic carbocycles. The summed E-state index contributed by atoms with van der Waals surface area (Å²) in [5, 5.41) is 9.62. The molecule has 2 atom stereocenters. The summed E-state index contributed by atoms with van der Waals surface area (Å²) >= 11 is 0. The molecular formula is C18H21F6N5O. The van der Waals surface area contributed by atoms with Gasteiger partial charge in [-0.3, -0.25) is 4.90 Å². The SMILES string of the molecule is CN1CC[C@]2(N3CCOCC3)[C@H](C1)N=NN2c1cc(C(F)(F)F)cc(C(F)(F)F)c1. The largest absolute Gasteiger partial charge is 0.416 e. The lowest BCUT2D eigenvalue weighted by Gasteiger charge is -2.52. The highest BCUT2D eigenvalue weighted by atomic mass is 19.4. The summed E-state index contributed by atoms with van der Waals surface area (Å²) < 4.78 is 85.7. The molecule has 6 nitrogen and oxygen atoms in total. The summed E-state index contributed by atoms with van der Waals surface area (Å²) in [5.74, 6) is 0. The first-order valence-electron chi connectivity index (χ1n) is 9.53. The Balaban J connectivity index is 1.82. The number of ether oxygens (including phenoxy) is 1. The minimum absolute atomic E-state index is 0.129. The number of hydrogen-bond donors (Lipinski definition) is 0. The van der Waals surface area contributed by atoms with E-state index in [-0.39, 0.29) is 11.8 Å². The number of hydrogen-bond acceptors (Lipinski definition) is 6. The molecule has 30 heavy (non-hydrogen) atoms. The van der Waals surface area contributed by atoms with Crippen LogP contribution < -0.4 is 5.01 Å². The maximum Gasteiger partial charge on any atom is 0.416 e. The molecule has 4 rings (SSSR count). The number of piperidine rings is 1. The van der Waals surface area contributed by atoms with Gasteiger partial charge in [0.15, 0.2) is 0 Å². The van der Waals surface area contributed by atoms with Crippen LogP contribution in [0.15, 0.2) is 28.5 Å². The van der Waals surface area contributed by atoms with E-state index in [1.54, 1.807) is 0 Å². The fourth-order valence-corrected chi connectivity index (χ4v) is 4.41. The van der Waals surface area contributed by atoms with Gasteiger partial charge in [-0.2, -0.15) is 31.5 Å². The van der Waals surface area contributed by atoms with Crippen LogP contribution in [0.5, 0.6) is 0 Å². The zero-order chi connectivity index (χ0) is 21.7. The van der Waals surface area contributed by atoms with Gasteiger partial charge in [0.1, 0.15) is 11.7 Å². The van der Waals surface area contributed by atoms with E-state index in [1.807, 2.05) is 16.8 Å². The predicted octanol–water partition coefficient (Wildman–Crippen LogP) is 3.64. The third kappa shape index (κ3) is 3.65. The molecule has 3 aliphatic heterocycles. The highest BCUT2D eigenvalue weighted by molar-refractivity contribution is 5.55. The van der Waals surface area contributed by atoms with Gasteiger partial charge in [-0.25, -0.2) is 5.01 Å². The van der Waals surface area contributed by atoms with Gasteiger partial charge in [0, 0.05) is 32.6 Å². The molecular weight excluding hydrogens is 416 g/mol. The van der Waals surface area contributed by atoms with E-state index in [0.717, 1.165) is 12.1 Å². The average molecular weight is 437 g/mol. The lowest BCUT2D eigenvalue weighted by atomic mass is 9.88. The standard InChI is InChI=1S/C18H21F6N5O/c1-27-3-2-16(28-4-6-30-7-5-28)15(11-27)25-26-29(16)14-9-12(17(19,20)21)8-13(10-14)18(22,23)24/h8-10,15H,2-7,11H2,1H3/t15-,16+/m0/s1. The van der Waals surface area contributed by atoms with E-state index in [0.29, 0.717) is 45.8 Å². The van der Waals surface area contributed by atoms with Crippen molar-refractivity contribution in [2.75, 3.05) is 51.4 Å². The molecule has 0 aromatic heterocycles. The zero-order valence-corrected chi connectivity index (χ0v) is 16.2. The van der Waals surface area contributed by atoms with Crippen LogP contribution in [0.25, 0.3) is 0 Å². The van der Waals surface area contributed by atoms with Crippen LogP contribution in [0.2, 0.25) is 0 Å². The van der Waals surface area contributed by atoms with Gasteiger partial charge in [-0.05, 0) is 25.2 Å². The lowest BCUT2D eigenvalue weighted by molar-refractivity contribution is -0.143. The number of halogens is 6. The average Bonchev–Trinajstić information content (AvgIpc) is 3.06. The van der Waals surface area contributed by atoms with Gasteiger partial charge in [0.2, 0.25) is 0 Å². The van der Waals surface area contributed by atoms with E-state index in [1.165, 1.54) is 5.01 Å². The van der Waals surface area contributed by atoms with E-state index in [2.05, 4.69) is 10.3 Å². The van der Waals surface area contributed by atoms with E-state index >= 15 is 0 Å². The number of fused-ring (bicyclic) bond motifs is 1. The molecule has 2 fully saturated rings. The van der Waals surface area contributed by atoms with Crippen molar-refractivity contribution in [3.8, 4) is 0 Å². The first-order valence-corrected chi connectivity index (χ1v) is 9.53. The Morgan fingerprint density at radius 1 is 0.967 bits per heavy atom. The molecule has 2 saturated heterocycles. The number of morpholine rings is 1. The van der Waals surface area contributed by atoms with Gasteiger partial charge >= 0.3 is 12.4 Å². The summed E-state index contributed by atoms with van der Waals surface area (Å²) in [6.45, 7) is 2.95. The highest BCUT2D eigenvalue weighted by Gasteiger charge is 2.56. The second kappa shape index (κ2) is 7.34. The molecule has 0 saturated carbocycles. The fraction of sp³-hybridized carbons (Fsp3) is 0.667. The Bertz CT molecular complexity index is 790. The molecule has 0 amide bonds. The Labute approximate surface area is 169 Å². The summed E-state index contributed by atoms with van der Waals surface area (Å²) in [5.41, 5.74) is -3.92. The number of likely N-dealkylation sites (N-methyl/N-ethyl adjacent to an activating group) is 1. The molecule has 1 aromatic carbocycles. The Morgan fingerprint density at radius 3 is 2.13 bits per heavy atom. The second-order valence-electron chi connectivity index (χ2n) is 7.79. The smallest absolute Gasteiger partial charge is 0.379 e. The molecule has 3 heterocycles. The van der Waals surface area contributed by atoms with Gasteiger partial charge in [-0.15, -0.1) is 0 Å². The number of alkyl halides is 6. The van der Waals surface area contributed by atoms with Crippen LogP contribution in [0.3, 0.4) is 0 Å².